The van der Waals surface area contributed by atoms with Crippen LogP contribution >= 0.6 is 0 Å². The number of benzene rings is 1. The van der Waals surface area contributed by atoms with E-state index in [1.807, 2.05) is 30.3 Å². The third-order valence-electron chi connectivity index (χ3n) is 7.64. The molecule has 0 aliphatic carbocycles. The monoisotopic (exact) mass is 556 g/mol. The topological polar surface area (TPSA) is 109 Å². The number of hydrogen-bond acceptors (Lipinski definition) is 10. The number of ether oxygens (including phenoxy) is 1. The lowest BCUT2D eigenvalue weighted by molar-refractivity contribution is 0.311. The summed E-state index contributed by atoms with van der Waals surface area (Å²) < 4.78 is 9.10. The Balaban J connectivity index is 1.35. The minimum Gasteiger partial charge on any atom is -0.495 e. The molecule has 12 nitrogen and oxygen atoms in total. The van der Waals surface area contributed by atoms with E-state index in [4.69, 9.17) is 14.7 Å². The first-order valence-electron chi connectivity index (χ1n) is 14.0. The van der Waals surface area contributed by atoms with Crippen LogP contribution in [0.25, 0.3) is 16.9 Å². The highest BCUT2D eigenvalue weighted by atomic mass is 16.5. The molecule has 0 atom stereocenters. The van der Waals surface area contributed by atoms with Gasteiger partial charge < -0.3 is 30.1 Å². The number of methoxy groups -OCH3 is 1. The Morgan fingerprint density at radius 1 is 1.02 bits per heavy atom. The van der Waals surface area contributed by atoms with E-state index in [-0.39, 0.29) is 5.56 Å². The molecule has 5 heterocycles. The molecule has 41 heavy (non-hydrogen) atoms. The first-order valence-corrected chi connectivity index (χ1v) is 14.0. The van der Waals surface area contributed by atoms with Gasteiger partial charge in [-0.05, 0) is 31.3 Å². The highest BCUT2D eigenvalue weighted by Gasteiger charge is 2.21. The van der Waals surface area contributed by atoms with E-state index in [0.717, 1.165) is 75.3 Å². The van der Waals surface area contributed by atoms with Crippen molar-refractivity contribution in [2.24, 2.45) is 0 Å². The fourth-order valence-electron chi connectivity index (χ4n) is 5.40. The molecule has 12 heteroatoms. The number of aromatic nitrogens is 5. The Labute approximate surface area is 238 Å². The molecule has 214 valence electrons. The molecule has 2 fully saturated rings. The Kier molecular flexibility index (Phi) is 7.57. The van der Waals surface area contributed by atoms with Gasteiger partial charge >= 0.3 is 0 Å². The molecule has 0 spiro atoms. The van der Waals surface area contributed by atoms with Crippen LogP contribution in [0.4, 0.5) is 23.1 Å². The van der Waals surface area contributed by atoms with Gasteiger partial charge in [0.1, 0.15) is 17.0 Å². The first-order chi connectivity index (χ1) is 20.1. The van der Waals surface area contributed by atoms with Crippen molar-refractivity contribution in [1.82, 2.24) is 34.5 Å². The van der Waals surface area contributed by atoms with Gasteiger partial charge in [0.15, 0.2) is 11.5 Å². The summed E-state index contributed by atoms with van der Waals surface area (Å²) in [5, 5.41) is 7.08. The van der Waals surface area contributed by atoms with Gasteiger partial charge in [-0.3, -0.25) is 4.79 Å². The average molecular weight is 557 g/mol. The highest BCUT2D eigenvalue weighted by molar-refractivity contribution is 5.77. The molecule has 2 saturated heterocycles. The number of piperazine rings is 2. The maximum Gasteiger partial charge on any atom is 0.278 e. The molecule has 2 N–H and O–H groups in total. The summed E-state index contributed by atoms with van der Waals surface area (Å²) in [6, 6.07) is 11.9. The number of hydrogen-bond donors (Lipinski definition) is 2. The van der Waals surface area contributed by atoms with Crippen molar-refractivity contribution in [1.29, 1.82) is 0 Å². The average Bonchev–Trinajstić information content (AvgIpc) is 3.28. The Morgan fingerprint density at radius 3 is 2.56 bits per heavy atom. The molecule has 2 aliphatic heterocycles. The van der Waals surface area contributed by atoms with Crippen LogP contribution in [0.2, 0.25) is 0 Å². The molecule has 4 aromatic rings. The van der Waals surface area contributed by atoms with Gasteiger partial charge in [0.2, 0.25) is 5.95 Å². The van der Waals surface area contributed by atoms with Crippen LogP contribution in [-0.4, -0.2) is 95.7 Å². The number of rotatable bonds is 8. The molecule has 6 rings (SSSR count). The van der Waals surface area contributed by atoms with Crippen molar-refractivity contribution in [2.45, 2.75) is 6.54 Å². The predicted molar refractivity (Wildman–Crippen MR) is 162 cm³/mol. The van der Waals surface area contributed by atoms with Crippen molar-refractivity contribution in [3.05, 3.63) is 65.6 Å². The van der Waals surface area contributed by atoms with Crippen LogP contribution < -0.4 is 30.7 Å². The Bertz CT molecular complexity index is 1600. The van der Waals surface area contributed by atoms with Gasteiger partial charge in [-0.25, -0.2) is 19.3 Å². The van der Waals surface area contributed by atoms with Crippen molar-refractivity contribution < 1.29 is 4.74 Å². The Hall–Kier alpha value is -4.42. The molecule has 0 saturated carbocycles. The third-order valence-corrected chi connectivity index (χ3v) is 7.64. The van der Waals surface area contributed by atoms with Crippen LogP contribution in [0.1, 0.15) is 0 Å². The zero-order chi connectivity index (χ0) is 28.3. The van der Waals surface area contributed by atoms with Crippen LogP contribution in [0.3, 0.4) is 0 Å². The molecular formula is C29H36N10O2. The van der Waals surface area contributed by atoms with Gasteiger partial charge in [0, 0.05) is 70.3 Å². The standard InChI is InChI=1S/C29H36N10O2/c1-4-12-38-28(40)22-20-31-29(32-21-8-9-23(24(19-21)41-3)36-17-15-35(2)16-18-36)34-27(22)39(38)26-7-5-6-25(33-26)37-13-10-30-11-14-37/h4-9,19-20,30H,1,10-18H2,2-3H3,(H,31,32,34). The van der Waals surface area contributed by atoms with Gasteiger partial charge in [-0.1, -0.05) is 12.1 Å². The number of nitrogens with one attached hydrogen (secondary N) is 2. The maximum absolute atomic E-state index is 13.4. The second kappa shape index (κ2) is 11.6. The summed E-state index contributed by atoms with van der Waals surface area (Å²) in [5.41, 5.74) is 2.13. The number of pyridine rings is 1. The summed E-state index contributed by atoms with van der Waals surface area (Å²) in [5.74, 6) is 2.62. The van der Waals surface area contributed by atoms with E-state index in [2.05, 4.69) is 50.0 Å². The second-order valence-electron chi connectivity index (χ2n) is 10.3. The molecule has 0 radical (unpaired) electrons. The van der Waals surface area contributed by atoms with E-state index >= 15 is 0 Å². The maximum atomic E-state index is 13.4. The minimum atomic E-state index is -0.195. The van der Waals surface area contributed by atoms with E-state index in [0.29, 0.717) is 29.3 Å². The zero-order valence-corrected chi connectivity index (χ0v) is 23.6. The quantitative estimate of drug-likeness (QED) is 0.313. The van der Waals surface area contributed by atoms with Crippen LogP contribution in [0.15, 0.2) is 60.0 Å². The molecular weight excluding hydrogens is 520 g/mol. The largest absolute Gasteiger partial charge is 0.495 e. The predicted octanol–water partition coefficient (Wildman–Crippen LogP) is 2.08. The Morgan fingerprint density at radius 2 is 1.80 bits per heavy atom. The summed E-state index contributed by atoms with van der Waals surface area (Å²) >= 11 is 0. The van der Waals surface area contributed by atoms with Gasteiger partial charge in [0.25, 0.3) is 5.56 Å². The molecule has 1 aromatic carbocycles. The van der Waals surface area contributed by atoms with Crippen molar-refractivity contribution in [2.75, 3.05) is 81.6 Å². The van der Waals surface area contributed by atoms with Gasteiger partial charge in [0.05, 0.1) is 19.3 Å². The SMILES string of the molecule is C=CCn1c(=O)c2cnc(Nc3ccc(N4CCN(C)CC4)c(OC)c3)nc2n1-c1cccc(N2CCNCC2)n1. The van der Waals surface area contributed by atoms with Crippen molar-refractivity contribution in [3.63, 3.8) is 0 Å². The smallest absolute Gasteiger partial charge is 0.278 e. The summed E-state index contributed by atoms with van der Waals surface area (Å²) in [7, 11) is 3.83. The lowest BCUT2D eigenvalue weighted by Crippen LogP contribution is -2.44. The highest BCUT2D eigenvalue weighted by Crippen LogP contribution is 2.33. The van der Waals surface area contributed by atoms with Gasteiger partial charge in [-0.15, -0.1) is 6.58 Å². The van der Waals surface area contributed by atoms with Crippen LogP contribution in [0, 0.1) is 0 Å². The zero-order valence-electron chi connectivity index (χ0n) is 23.6. The van der Waals surface area contributed by atoms with E-state index in [1.54, 1.807) is 28.7 Å². The van der Waals surface area contributed by atoms with Crippen LogP contribution in [-0.2, 0) is 6.54 Å². The summed E-state index contributed by atoms with van der Waals surface area (Å²) in [6.07, 6.45) is 3.26. The van der Waals surface area contributed by atoms with E-state index in [9.17, 15) is 4.79 Å². The normalized spacial score (nSPS) is 16.2. The fraction of sp³-hybridized carbons (Fsp3) is 0.379. The molecule has 0 bridgehead atoms. The van der Waals surface area contributed by atoms with E-state index < -0.39 is 0 Å². The molecule has 3 aromatic heterocycles. The number of fused-ring (bicyclic) bond motifs is 1. The molecule has 0 unspecified atom stereocenters. The lowest BCUT2D eigenvalue weighted by Gasteiger charge is -2.34. The van der Waals surface area contributed by atoms with Crippen molar-refractivity contribution >= 4 is 34.2 Å². The van der Waals surface area contributed by atoms with Crippen molar-refractivity contribution in [3.8, 4) is 11.6 Å². The van der Waals surface area contributed by atoms with E-state index in [1.165, 1.54) is 0 Å². The van der Waals surface area contributed by atoms with Crippen LogP contribution in [0.5, 0.6) is 5.75 Å². The fourth-order valence-corrected chi connectivity index (χ4v) is 5.40. The molecule has 2 aliphatic rings. The first kappa shape index (κ1) is 26.8. The number of anilines is 4. The number of nitrogens with zero attached hydrogens (tertiary/aromatic N) is 8. The number of allylic oxidation sites excluding steroid dienone is 1. The summed E-state index contributed by atoms with van der Waals surface area (Å²) in [6.45, 7) is 11.6. The summed E-state index contributed by atoms with van der Waals surface area (Å²) in [4.78, 5) is 34.5. The lowest BCUT2D eigenvalue weighted by atomic mass is 10.2. The number of likely N-dealkylation sites (N-methyl/N-ethyl adjacent to an activating group) is 1. The molecule has 0 amide bonds. The third kappa shape index (κ3) is 5.35. The van der Waals surface area contributed by atoms with Gasteiger partial charge in [-0.2, -0.15) is 4.98 Å². The minimum absolute atomic E-state index is 0.195. The second-order valence-corrected chi connectivity index (χ2v) is 10.3.